The highest BCUT2D eigenvalue weighted by Gasteiger charge is 2.18. The minimum absolute atomic E-state index is 0.0191. The van der Waals surface area contributed by atoms with Gasteiger partial charge in [-0.15, -0.1) is 0 Å². The summed E-state index contributed by atoms with van der Waals surface area (Å²) in [7, 11) is 0. The number of carbonyl (C=O) groups excluding carboxylic acids is 1. The summed E-state index contributed by atoms with van der Waals surface area (Å²) in [4.78, 5) is 23.4. The van der Waals surface area contributed by atoms with Crippen molar-refractivity contribution in [1.29, 1.82) is 0 Å². The quantitative estimate of drug-likeness (QED) is 0.896. The number of benzene rings is 1. The minimum Gasteiger partial charge on any atom is -0.478 e. The molecule has 2 N–H and O–H groups in total. The Morgan fingerprint density at radius 1 is 1.25 bits per heavy atom. The molecule has 0 atom stereocenters. The number of para-hydroxylation sites is 1. The van der Waals surface area contributed by atoms with Crippen molar-refractivity contribution >= 4 is 33.5 Å². The van der Waals surface area contributed by atoms with E-state index in [9.17, 15) is 9.59 Å². The Morgan fingerprint density at radius 3 is 2.50 bits per heavy atom. The van der Waals surface area contributed by atoms with Gasteiger partial charge in [0.25, 0.3) is 5.91 Å². The molecule has 6 heteroatoms. The minimum atomic E-state index is -1.11. The molecule has 0 bridgehead atoms. The second-order valence-electron chi connectivity index (χ2n) is 4.25. The first kappa shape index (κ1) is 14.3. The first-order valence-corrected chi connectivity index (χ1v) is 6.59. The van der Waals surface area contributed by atoms with E-state index in [1.54, 1.807) is 32.0 Å². The van der Waals surface area contributed by atoms with E-state index < -0.39 is 11.9 Å². The van der Waals surface area contributed by atoms with Crippen molar-refractivity contribution in [2.24, 2.45) is 0 Å². The van der Waals surface area contributed by atoms with Gasteiger partial charge in [-0.3, -0.25) is 4.79 Å². The van der Waals surface area contributed by atoms with Crippen LogP contribution in [-0.4, -0.2) is 17.0 Å². The molecule has 0 unspecified atom stereocenters. The van der Waals surface area contributed by atoms with Gasteiger partial charge in [-0.05, 0) is 48.0 Å². The highest BCUT2D eigenvalue weighted by molar-refractivity contribution is 9.10. The molecule has 2 aromatic rings. The van der Waals surface area contributed by atoms with Crippen LogP contribution in [-0.2, 0) is 0 Å². The topological polar surface area (TPSA) is 79.5 Å². The molecule has 1 amide bonds. The fraction of sp³-hybridized carbons (Fsp3) is 0.143. The zero-order valence-electron chi connectivity index (χ0n) is 10.9. The first-order chi connectivity index (χ1) is 9.40. The van der Waals surface area contributed by atoms with Gasteiger partial charge in [0.05, 0.1) is 16.8 Å². The zero-order chi connectivity index (χ0) is 14.9. The van der Waals surface area contributed by atoms with E-state index in [-0.39, 0.29) is 11.3 Å². The predicted octanol–water partition coefficient (Wildman–Crippen LogP) is 3.61. The van der Waals surface area contributed by atoms with Crippen LogP contribution >= 0.6 is 15.9 Å². The van der Waals surface area contributed by atoms with E-state index >= 15 is 0 Å². The second kappa shape index (κ2) is 5.50. The fourth-order valence-corrected chi connectivity index (χ4v) is 2.33. The van der Waals surface area contributed by atoms with Gasteiger partial charge in [0.1, 0.15) is 11.5 Å². The summed E-state index contributed by atoms with van der Waals surface area (Å²) in [6, 6.07) is 6.30. The van der Waals surface area contributed by atoms with Gasteiger partial charge in [-0.1, -0.05) is 6.07 Å². The van der Waals surface area contributed by atoms with Gasteiger partial charge in [-0.25, -0.2) is 4.79 Å². The standard InChI is InChI=1S/C14H12BrNO4/c1-7-6-10(8(2)20-7)13(17)16-12-9(14(18)19)4-3-5-11(12)15/h3-6H,1-2H3,(H,16,17)(H,18,19). The number of furan rings is 1. The van der Waals surface area contributed by atoms with Crippen LogP contribution in [0.15, 0.2) is 33.2 Å². The maximum atomic E-state index is 12.2. The summed E-state index contributed by atoms with van der Waals surface area (Å²) >= 11 is 3.24. The molecule has 104 valence electrons. The molecule has 0 aliphatic rings. The predicted molar refractivity (Wildman–Crippen MR) is 77.2 cm³/mol. The number of hydrogen-bond acceptors (Lipinski definition) is 3. The largest absolute Gasteiger partial charge is 0.478 e. The van der Waals surface area contributed by atoms with Crippen LogP contribution in [0.2, 0.25) is 0 Å². The van der Waals surface area contributed by atoms with Gasteiger partial charge in [0.2, 0.25) is 0 Å². The summed E-state index contributed by atoms with van der Waals surface area (Å²) in [6.07, 6.45) is 0. The van der Waals surface area contributed by atoms with Gasteiger partial charge in [-0.2, -0.15) is 0 Å². The first-order valence-electron chi connectivity index (χ1n) is 5.80. The van der Waals surface area contributed by atoms with E-state index in [2.05, 4.69) is 21.2 Å². The number of halogens is 1. The molecule has 0 radical (unpaired) electrons. The highest BCUT2D eigenvalue weighted by Crippen LogP contribution is 2.27. The summed E-state index contributed by atoms with van der Waals surface area (Å²) in [5, 5.41) is 11.7. The summed E-state index contributed by atoms with van der Waals surface area (Å²) < 4.78 is 5.80. The average Bonchev–Trinajstić information content (AvgIpc) is 2.70. The summed E-state index contributed by atoms with van der Waals surface area (Å²) in [5.74, 6) is -0.405. The van der Waals surface area contributed by atoms with Crippen LogP contribution in [0.5, 0.6) is 0 Å². The molecular formula is C14H12BrNO4. The maximum absolute atomic E-state index is 12.2. The Labute approximate surface area is 123 Å². The Kier molecular flexibility index (Phi) is 3.94. The lowest BCUT2D eigenvalue weighted by molar-refractivity contribution is 0.0698. The number of carbonyl (C=O) groups is 2. The molecular weight excluding hydrogens is 326 g/mol. The van der Waals surface area contributed by atoms with Crippen molar-refractivity contribution in [3.05, 3.63) is 51.4 Å². The van der Waals surface area contributed by atoms with Crippen LogP contribution in [0.3, 0.4) is 0 Å². The van der Waals surface area contributed by atoms with Gasteiger partial charge in [0, 0.05) is 4.47 Å². The molecule has 2 rings (SSSR count). The van der Waals surface area contributed by atoms with Crippen molar-refractivity contribution in [2.45, 2.75) is 13.8 Å². The molecule has 1 aromatic carbocycles. The lowest BCUT2D eigenvalue weighted by Gasteiger charge is -2.10. The normalized spacial score (nSPS) is 10.3. The third-order valence-electron chi connectivity index (χ3n) is 2.77. The number of amides is 1. The van der Waals surface area contributed by atoms with Gasteiger partial charge >= 0.3 is 5.97 Å². The maximum Gasteiger partial charge on any atom is 0.337 e. The molecule has 1 heterocycles. The molecule has 1 aromatic heterocycles. The Balaban J connectivity index is 2.37. The number of carboxylic acid groups (broad SMARTS) is 1. The SMILES string of the molecule is Cc1cc(C(=O)Nc2c(Br)cccc2C(=O)O)c(C)o1. The molecule has 0 saturated carbocycles. The average molecular weight is 338 g/mol. The Morgan fingerprint density at radius 2 is 1.95 bits per heavy atom. The third-order valence-corrected chi connectivity index (χ3v) is 3.43. The number of aromatic carboxylic acids is 1. The van der Waals surface area contributed by atoms with Crippen molar-refractivity contribution in [1.82, 2.24) is 0 Å². The lowest BCUT2D eigenvalue weighted by Crippen LogP contribution is -2.15. The smallest absolute Gasteiger partial charge is 0.337 e. The zero-order valence-corrected chi connectivity index (χ0v) is 12.4. The molecule has 5 nitrogen and oxygen atoms in total. The van der Waals surface area contributed by atoms with Gasteiger partial charge in [0.15, 0.2) is 0 Å². The molecule has 0 spiro atoms. The van der Waals surface area contributed by atoms with E-state index in [0.29, 0.717) is 21.6 Å². The third kappa shape index (κ3) is 2.75. The summed E-state index contributed by atoms with van der Waals surface area (Å²) in [6.45, 7) is 3.42. The number of nitrogens with one attached hydrogen (secondary N) is 1. The van der Waals surface area contributed by atoms with Crippen molar-refractivity contribution in [2.75, 3.05) is 5.32 Å². The van der Waals surface area contributed by atoms with Crippen LogP contribution in [0.25, 0.3) is 0 Å². The Hall–Kier alpha value is -2.08. The second-order valence-corrected chi connectivity index (χ2v) is 5.10. The molecule has 0 saturated heterocycles. The van der Waals surface area contributed by atoms with E-state index in [0.717, 1.165) is 0 Å². The monoisotopic (exact) mass is 337 g/mol. The van der Waals surface area contributed by atoms with Crippen molar-refractivity contribution < 1.29 is 19.1 Å². The number of anilines is 1. The number of hydrogen-bond donors (Lipinski definition) is 2. The summed E-state index contributed by atoms with van der Waals surface area (Å²) in [5.41, 5.74) is 0.628. The molecule has 0 aliphatic heterocycles. The number of carboxylic acids is 1. The van der Waals surface area contributed by atoms with Crippen molar-refractivity contribution in [3.63, 3.8) is 0 Å². The van der Waals surface area contributed by atoms with Crippen LogP contribution in [0.4, 0.5) is 5.69 Å². The highest BCUT2D eigenvalue weighted by atomic mass is 79.9. The fourth-order valence-electron chi connectivity index (χ4n) is 1.87. The van der Waals surface area contributed by atoms with E-state index in [1.807, 2.05) is 0 Å². The number of aryl methyl sites for hydroxylation is 2. The molecule has 20 heavy (non-hydrogen) atoms. The molecule has 0 aliphatic carbocycles. The number of rotatable bonds is 3. The Bertz CT molecular complexity index is 690. The van der Waals surface area contributed by atoms with Crippen LogP contribution in [0, 0.1) is 13.8 Å². The van der Waals surface area contributed by atoms with Crippen LogP contribution in [0.1, 0.15) is 32.2 Å². The van der Waals surface area contributed by atoms with Gasteiger partial charge < -0.3 is 14.8 Å². The lowest BCUT2D eigenvalue weighted by atomic mass is 10.1. The van der Waals surface area contributed by atoms with E-state index in [1.165, 1.54) is 6.07 Å². The van der Waals surface area contributed by atoms with Crippen LogP contribution < -0.4 is 5.32 Å². The van der Waals surface area contributed by atoms with Crippen molar-refractivity contribution in [3.8, 4) is 0 Å². The van der Waals surface area contributed by atoms with E-state index in [4.69, 9.17) is 9.52 Å². The molecule has 0 fully saturated rings.